The molecule has 0 aromatic rings. The number of nitroso groups, excluding NO2 is 1. The van der Waals surface area contributed by atoms with Gasteiger partial charge in [-0.1, -0.05) is 13.1 Å². The molecule has 0 atom stereocenters. The molecule has 2 nitrogen and oxygen atoms in total. The third-order valence-electron chi connectivity index (χ3n) is 0.341. The van der Waals surface area contributed by atoms with E-state index >= 15 is 0 Å². The smallest absolute Gasteiger partial charge is 0.0999 e. The lowest BCUT2D eigenvalue weighted by atomic mass is 11.5. The molecule has 0 radical (unpaired) electrons. The van der Waals surface area contributed by atoms with E-state index in [0.717, 1.165) is 0 Å². The topological polar surface area (TPSA) is 29.4 Å². The fraction of sp³-hybridized carbons (Fsp3) is 1.00. The quantitative estimate of drug-likeness (QED) is 0.386. The summed E-state index contributed by atoms with van der Waals surface area (Å²) < 4.78 is 0. The van der Waals surface area contributed by atoms with Crippen molar-refractivity contribution in [2.75, 3.05) is 19.6 Å². The van der Waals surface area contributed by atoms with Crippen LogP contribution in [-0.2, 0) is 0 Å². The summed E-state index contributed by atoms with van der Waals surface area (Å²) in [6, 6.07) is 0. The molecule has 36 valence electrons. The fourth-order valence-electron chi connectivity index (χ4n) is 0.115. The van der Waals surface area contributed by atoms with Gasteiger partial charge in [0.25, 0.3) is 0 Å². The maximum atomic E-state index is 9.38. The summed E-state index contributed by atoms with van der Waals surface area (Å²) in [5, 5.41) is 2.71. The molecule has 0 fully saturated rings. The maximum Gasteiger partial charge on any atom is 0.0999 e. The van der Waals surface area contributed by atoms with Crippen molar-refractivity contribution in [1.82, 2.24) is 0 Å². The Morgan fingerprint density at radius 1 is 1.67 bits per heavy atom. The second kappa shape index (κ2) is 3.23. The van der Waals surface area contributed by atoms with Gasteiger partial charge in [0.1, 0.15) is 0 Å². The molecule has 6 heavy (non-hydrogen) atoms. The molecular weight excluding hydrogens is 97.0 g/mol. The van der Waals surface area contributed by atoms with Gasteiger partial charge in [0, 0.05) is 0 Å². The lowest BCUT2D eigenvalue weighted by molar-refractivity contribution is 1.33. The molecule has 0 saturated heterocycles. The van der Waals surface area contributed by atoms with E-state index in [0.29, 0.717) is 6.29 Å². The first-order chi connectivity index (χ1) is 2.77. The Morgan fingerprint density at radius 3 is 2.17 bits per heavy atom. The summed E-state index contributed by atoms with van der Waals surface area (Å²) in [5.74, 6) is 0. The highest BCUT2D eigenvalue weighted by Crippen LogP contribution is 2.22. The van der Waals surface area contributed by atoms with Crippen molar-refractivity contribution in [1.29, 1.82) is 0 Å². The van der Waals surface area contributed by atoms with Crippen molar-refractivity contribution < 1.29 is 0 Å². The van der Waals surface area contributed by atoms with Gasteiger partial charge in [-0.3, -0.25) is 0 Å². The normalized spacial score (nSPS) is 9.17. The molecule has 0 aromatic heterocycles. The van der Waals surface area contributed by atoms with Gasteiger partial charge in [0.2, 0.25) is 0 Å². The first-order valence-corrected chi connectivity index (χ1v) is 4.13. The van der Waals surface area contributed by atoms with Crippen molar-refractivity contribution in [3.8, 4) is 0 Å². The first-order valence-electron chi connectivity index (χ1n) is 1.71. The van der Waals surface area contributed by atoms with E-state index in [2.05, 4.69) is 5.18 Å². The van der Waals surface area contributed by atoms with Gasteiger partial charge in [-0.05, 0) is 13.3 Å². The molecule has 0 amide bonds. The van der Waals surface area contributed by atoms with Gasteiger partial charge in [0.05, 0.1) is 6.29 Å². The molecule has 0 heterocycles. The van der Waals surface area contributed by atoms with E-state index in [1.54, 1.807) is 0 Å². The van der Waals surface area contributed by atoms with Crippen LogP contribution in [0, 0.1) is 4.91 Å². The van der Waals surface area contributed by atoms with Crippen molar-refractivity contribution in [2.45, 2.75) is 0 Å². The summed E-state index contributed by atoms with van der Waals surface area (Å²) in [6.45, 7) is 4.05. The third kappa shape index (κ3) is 4.03. The average Bonchev–Trinajstić information content (AvgIpc) is 1.35. The summed E-state index contributed by atoms with van der Waals surface area (Å²) >= 11 is 0. The standard InChI is InChI=1S/C3H8NOP/c1-6(2)3-4-5/h3H2,1-2H3. The highest BCUT2D eigenvalue weighted by atomic mass is 31.1. The van der Waals surface area contributed by atoms with Gasteiger partial charge in [-0.25, -0.2) is 0 Å². The minimum Gasteiger partial charge on any atom is -0.150 e. The molecule has 0 aliphatic rings. The first kappa shape index (κ1) is 6.03. The van der Waals surface area contributed by atoms with Crippen molar-refractivity contribution in [2.24, 2.45) is 5.18 Å². The Balaban J connectivity index is 2.81. The molecule has 0 aromatic carbocycles. The van der Waals surface area contributed by atoms with Crippen LogP contribution in [0.3, 0.4) is 0 Å². The minimum atomic E-state index is -0.0797. The molecule has 0 aliphatic carbocycles. The zero-order valence-electron chi connectivity index (χ0n) is 4.01. The number of hydrogen-bond donors (Lipinski definition) is 0. The zero-order valence-corrected chi connectivity index (χ0v) is 4.90. The summed E-state index contributed by atoms with van der Waals surface area (Å²) in [6.07, 6.45) is 0.509. The minimum absolute atomic E-state index is 0.0797. The molecule has 0 unspecified atom stereocenters. The van der Waals surface area contributed by atoms with Crippen LogP contribution in [0.15, 0.2) is 5.18 Å². The maximum absolute atomic E-state index is 9.38. The largest absolute Gasteiger partial charge is 0.150 e. The van der Waals surface area contributed by atoms with Gasteiger partial charge < -0.3 is 0 Å². The van der Waals surface area contributed by atoms with Gasteiger partial charge in [-0.15, -0.1) is 0 Å². The Morgan fingerprint density at radius 2 is 2.17 bits per heavy atom. The van der Waals surface area contributed by atoms with Gasteiger partial charge in [0.15, 0.2) is 0 Å². The summed E-state index contributed by atoms with van der Waals surface area (Å²) in [7, 11) is -0.0797. The highest BCUT2D eigenvalue weighted by molar-refractivity contribution is 7.55. The van der Waals surface area contributed by atoms with Crippen LogP contribution >= 0.6 is 7.92 Å². The highest BCUT2D eigenvalue weighted by Gasteiger charge is 1.85. The zero-order chi connectivity index (χ0) is 4.99. The molecular formula is C3H8NOP. The third-order valence-corrected chi connectivity index (χ3v) is 1.02. The predicted octanol–water partition coefficient (Wildman–Crippen LogP) is 1.45. The number of hydrogen-bond acceptors (Lipinski definition) is 2. The SMILES string of the molecule is CP(C)CN=O. The summed E-state index contributed by atoms with van der Waals surface area (Å²) in [5.41, 5.74) is 0. The van der Waals surface area contributed by atoms with Crippen LogP contribution in [0.2, 0.25) is 0 Å². The van der Waals surface area contributed by atoms with E-state index in [-0.39, 0.29) is 7.92 Å². The monoisotopic (exact) mass is 105 g/mol. The Hall–Kier alpha value is 0.0300. The lowest BCUT2D eigenvalue weighted by Gasteiger charge is -1.90. The van der Waals surface area contributed by atoms with Crippen LogP contribution in [0.4, 0.5) is 0 Å². The van der Waals surface area contributed by atoms with Gasteiger partial charge >= 0.3 is 0 Å². The Labute approximate surface area is 38.7 Å². The second-order valence-corrected chi connectivity index (χ2v) is 3.79. The van der Waals surface area contributed by atoms with Crippen LogP contribution in [-0.4, -0.2) is 19.6 Å². The van der Waals surface area contributed by atoms with E-state index in [1.807, 2.05) is 13.3 Å². The molecule has 0 aliphatic heterocycles. The van der Waals surface area contributed by atoms with E-state index < -0.39 is 0 Å². The number of rotatable bonds is 2. The van der Waals surface area contributed by atoms with Crippen LogP contribution < -0.4 is 0 Å². The summed E-state index contributed by atoms with van der Waals surface area (Å²) in [4.78, 5) is 9.38. The second-order valence-electron chi connectivity index (χ2n) is 1.35. The van der Waals surface area contributed by atoms with Crippen LogP contribution in [0.1, 0.15) is 0 Å². The fourth-order valence-corrected chi connectivity index (χ4v) is 0.346. The molecule has 0 rings (SSSR count). The molecule has 0 spiro atoms. The van der Waals surface area contributed by atoms with Crippen molar-refractivity contribution in [3.63, 3.8) is 0 Å². The average molecular weight is 105 g/mol. The Bertz CT molecular complexity index is 46.1. The number of nitrogens with zero attached hydrogens (tertiary/aromatic N) is 1. The van der Waals surface area contributed by atoms with Crippen LogP contribution in [0.5, 0.6) is 0 Å². The van der Waals surface area contributed by atoms with Gasteiger partial charge in [-0.2, -0.15) is 4.91 Å². The Kier molecular flexibility index (Phi) is 3.24. The molecule has 0 bridgehead atoms. The van der Waals surface area contributed by atoms with E-state index in [4.69, 9.17) is 0 Å². The van der Waals surface area contributed by atoms with E-state index in [9.17, 15) is 4.91 Å². The van der Waals surface area contributed by atoms with Crippen molar-refractivity contribution >= 4 is 7.92 Å². The molecule has 3 heteroatoms. The van der Waals surface area contributed by atoms with Crippen molar-refractivity contribution in [3.05, 3.63) is 4.91 Å². The van der Waals surface area contributed by atoms with Crippen LogP contribution in [0.25, 0.3) is 0 Å². The van der Waals surface area contributed by atoms with E-state index in [1.165, 1.54) is 0 Å². The lowest BCUT2D eigenvalue weighted by Crippen LogP contribution is -1.68. The molecule has 0 N–H and O–H groups in total. The predicted molar refractivity (Wildman–Crippen MR) is 29.4 cm³/mol. The molecule has 0 saturated carbocycles.